The molecule has 20 nitrogen and oxygen atoms in total. The second-order valence-electron chi connectivity index (χ2n) is 29.9. The Morgan fingerprint density at radius 3 is 0.772 bits per heavy atom. The Hall–Kier alpha value is -2.70. The van der Waals surface area contributed by atoms with Crippen LogP contribution in [0.1, 0.15) is 272 Å². The molecule has 6 fully saturated rings. The molecule has 0 bridgehead atoms. The molecule has 5 saturated carbocycles. The fourth-order valence-corrected chi connectivity index (χ4v) is 10.5. The van der Waals surface area contributed by atoms with E-state index in [4.69, 9.17) is 44.1 Å². The average molecular weight is 1360 g/mol. The number of rotatable bonds is 10. The average Bonchev–Trinajstić information content (AvgIpc) is 2.04. The summed E-state index contributed by atoms with van der Waals surface area (Å²) >= 11 is 0. The summed E-state index contributed by atoms with van der Waals surface area (Å²) in [5.74, 6) is -0.224. The zero-order valence-electron chi connectivity index (χ0n) is 60.4. The standard InChI is InChI=1S/C13H22O3.C13H24O2.C12H20O4.C12H22O3.C9H14O3.C4H8O.C4H10O.CH3ClO2S.B.Na.H2O/c1-9(14)10-5-7-11(8-6-10)12(15)16-13(2,3)4;1-5-10-6-8-11(9-7-10)12(14)15-13(2,3)4;1-12(2,3)16-11(15)9-6-4-8(5-7-9)10(13)14;1-12(2,3)15-11(14)10-6-4-9(8-13)5-7-10;1-6(10)7-2-4-8(5-3-7)9(11)12;1-2-4-5-3-1;1-4(2,3)5;1-5(2,3)4;;;/h10-11H,5-8H2,1-4H3;10-11H,5-9H2,1-4H3;8-9H,4-7H2,1-3H3,(H,13,14);9-10,13H,4-8H2,1-3H3;7-8H,2-5H2,1H3,(H,11,12);1-4H2;5H,1-3H3;1H3;;;1H2/q;;;;;;;;;+1;/p-1. The van der Waals surface area contributed by atoms with Crippen molar-refractivity contribution in [2.75, 3.05) is 26.1 Å². The van der Waals surface area contributed by atoms with E-state index >= 15 is 0 Å². The van der Waals surface area contributed by atoms with Gasteiger partial charge >= 0.3 is 65.4 Å². The summed E-state index contributed by atoms with van der Waals surface area (Å²) in [5, 5.41) is 35.0. The second kappa shape index (κ2) is 48.1. The molecule has 5 N–H and O–H groups in total. The maximum Gasteiger partial charge on any atom is 1.00 e. The first-order valence-corrected chi connectivity index (χ1v) is 35.4. The van der Waals surface area contributed by atoms with Crippen LogP contribution in [0.5, 0.6) is 0 Å². The molecule has 1 heterocycles. The van der Waals surface area contributed by atoms with Gasteiger partial charge in [-0.3, -0.25) is 38.4 Å². The number of hydrogen-bond acceptors (Lipinski definition) is 18. The Bertz CT molecular complexity index is 2040. The summed E-state index contributed by atoms with van der Waals surface area (Å²) in [7, 11) is 1.31. The van der Waals surface area contributed by atoms with Gasteiger partial charge in [-0.05, 0) is 271 Å². The Labute approximate surface area is 583 Å². The Balaban J connectivity index is -0.000000322. The number of aliphatic hydroxyl groups excluding tert-OH is 1. The summed E-state index contributed by atoms with van der Waals surface area (Å²) in [6.07, 6.45) is 21.3. The normalized spacial score (nSPS) is 24.5. The fourth-order valence-electron chi connectivity index (χ4n) is 10.5. The van der Waals surface area contributed by atoms with Crippen molar-refractivity contribution in [2.24, 2.45) is 59.2 Å². The Kier molecular flexibility index (Phi) is 51.2. The molecule has 0 aromatic heterocycles. The van der Waals surface area contributed by atoms with Crippen LogP contribution in [0.4, 0.5) is 0 Å². The van der Waals surface area contributed by atoms with E-state index in [-0.39, 0.29) is 144 Å². The van der Waals surface area contributed by atoms with Crippen molar-refractivity contribution < 1.29 is 126 Å². The number of halogens is 1. The van der Waals surface area contributed by atoms with Gasteiger partial charge in [0.15, 0.2) is 0 Å². The summed E-state index contributed by atoms with van der Waals surface area (Å²) in [5.41, 5.74) is -2.08. The van der Waals surface area contributed by atoms with Crippen molar-refractivity contribution in [2.45, 2.75) is 300 Å². The van der Waals surface area contributed by atoms with E-state index in [1.54, 1.807) is 34.6 Å². The summed E-state index contributed by atoms with van der Waals surface area (Å²) in [6, 6.07) is 0. The molecule has 24 heteroatoms. The first-order valence-electron chi connectivity index (χ1n) is 32.7. The maximum absolute atomic E-state index is 11.8. The van der Waals surface area contributed by atoms with Crippen LogP contribution in [-0.2, 0) is 71.1 Å². The van der Waals surface area contributed by atoms with Crippen LogP contribution < -0.4 is 29.6 Å². The van der Waals surface area contributed by atoms with Crippen LogP contribution in [0.2, 0.25) is 0 Å². The number of ketones is 2. The van der Waals surface area contributed by atoms with Gasteiger partial charge in [0.1, 0.15) is 34.0 Å². The first kappa shape index (κ1) is 98.0. The van der Waals surface area contributed by atoms with Gasteiger partial charge in [-0.25, -0.2) is 8.42 Å². The number of carboxylic acids is 2. The molecular weight excluding hydrogens is 1240 g/mol. The van der Waals surface area contributed by atoms with Gasteiger partial charge < -0.3 is 49.6 Å². The largest absolute Gasteiger partial charge is 1.00 e. The third-order valence-electron chi connectivity index (χ3n) is 15.3. The van der Waals surface area contributed by atoms with Crippen LogP contribution in [0.15, 0.2) is 0 Å². The van der Waals surface area contributed by atoms with Crippen molar-refractivity contribution in [3.8, 4) is 0 Å². The number of aliphatic carboxylic acids is 2. The second-order valence-corrected chi connectivity index (χ2v) is 32.9. The molecule has 1 aliphatic heterocycles. The van der Waals surface area contributed by atoms with Crippen LogP contribution in [-0.4, -0.2) is 144 Å². The molecule has 0 amide bonds. The smallest absolute Gasteiger partial charge is 0.870 e. The van der Waals surface area contributed by atoms with Gasteiger partial charge in [-0.2, -0.15) is 0 Å². The zero-order valence-corrected chi connectivity index (χ0v) is 64.0. The monoisotopic (exact) mass is 1360 g/mol. The van der Waals surface area contributed by atoms with Crippen molar-refractivity contribution in [1.82, 2.24) is 0 Å². The van der Waals surface area contributed by atoms with E-state index in [2.05, 4.69) is 17.6 Å². The van der Waals surface area contributed by atoms with Crippen molar-refractivity contribution in [3.63, 3.8) is 0 Å². The van der Waals surface area contributed by atoms with Gasteiger partial charge in [-0.15, -0.1) is 0 Å². The number of hydrogen-bond donors (Lipinski definition) is 4. The molecule has 533 valence electrons. The van der Waals surface area contributed by atoms with E-state index in [0.29, 0.717) is 44.4 Å². The number of Topliss-reactive ketones (excluding diaryl/α,β-unsaturated/α-hetero) is 2. The molecule has 3 radical (unpaired) electrons. The minimum Gasteiger partial charge on any atom is -0.870 e. The SMILES string of the molecule is C1CCOC1.CC(=O)C1CCC(C(=O)O)CC1.CC(=O)C1CCC(C(=O)OC(C)(C)C)CC1.CC(C)(C)O.CC(C)(C)OC(=O)C1CCC(C(=O)O)CC1.CC(C)(C)OC(=O)C1CCC(CO)CC1.CCC1CCC(C(=O)OC(C)(C)C)CC1.CS(=O)(=O)Cl.[B].[Na+].[OH-]. The van der Waals surface area contributed by atoms with Gasteiger partial charge in [0.25, 0.3) is 0 Å². The molecule has 0 spiro atoms. The number of aliphatic hydroxyl groups is 2. The van der Waals surface area contributed by atoms with Gasteiger partial charge in [0.05, 0.1) is 47.4 Å². The van der Waals surface area contributed by atoms with Gasteiger partial charge in [0, 0.05) is 50.8 Å². The van der Waals surface area contributed by atoms with Gasteiger partial charge in [-0.1, -0.05) is 13.3 Å². The molecule has 0 aromatic rings. The van der Waals surface area contributed by atoms with E-state index in [1.807, 2.05) is 83.1 Å². The molecule has 6 rings (SSSR count). The topological polar surface area (TPSA) is 328 Å². The summed E-state index contributed by atoms with van der Waals surface area (Å²) < 4.78 is 45.1. The molecule has 6 aliphatic rings. The molecule has 0 atom stereocenters. The van der Waals surface area contributed by atoms with Crippen molar-refractivity contribution in [1.29, 1.82) is 0 Å². The first-order chi connectivity index (χ1) is 40.5. The van der Waals surface area contributed by atoms with Gasteiger partial charge in [0.2, 0.25) is 9.05 Å². The molecule has 5 aliphatic carbocycles. The zero-order chi connectivity index (χ0) is 69.3. The molecule has 0 unspecified atom stereocenters. The summed E-state index contributed by atoms with van der Waals surface area (Å²) in [6.45, 7) is 35.6. The molecular formula is C68H124BClNaO20S. The Morgan fingerprint density at radius 2 is 0.620 bits per heavy atom. The number of ether oxygens (including phenoxy) is 5. The Morgan fingerprint density at radius 1 is 0.435 bits per heavy atom. The van der Waals surface area contributed by atoms with Crippen molar-refractivity contribution in [3.05, 3.63) is 0 Å². The van der Waals surface area contributed by atoms with E-state index in [0.717, 1.165) is 102 Å². The fraction of sp³-hybridized carbons (Fsp3) is 0.882. The van der Waals surface area contributed by atoms with Crippen LogP contribution >= 0.6 is 10.7 Å². The maximum atomic E-state index is 11.8. The van der Waals surface area contributed by atoms with Crippen LogP contribution in [0.3, 0.4) is 0 Å². The quantitative estimate of drug-likeness (QED) is 0.0683. The number of esters is 4. The predicted molar refractivity (Wildman–Crippen MR) is 355 cm³/mol. The minimum absolute atomic E-state index is 0. The number of carbonyl (C=O) groups excluding carboxylic acids is 6. The van der Waals surface area contributed by atoms with Crippen LogP contribution in [0, 0.1) is 59.2 Å². The molecule has 1 saturated heterocycles. The molecule has 92 heavy (non-hydrogen) atoms. The van der Waals surface area contributed by atoms with Crippen LogP contribution in [0.25, 0.3) is 0 Å². The predicted octanol–water partition coefficient (Wildman–Crippen LogP) is 10.3. The minimum atomic E-state index is -3.19. The summed E-state index contributed by atoms with van der Waals surface area (Å²) in [4.78, 5) is 90.4. The van der Waals surface area contributed by atoms with E-state index in [1.165, 1.54) is 32.1 Å². The number of carboxylic acid groups (broad SMARTS) is 2. The third-order valence-corrected chi connectivity index (χ3v) is 15.3. The molecule has 0 aromatic carbocycles. The van der Waals surface area contributed by atoms with Crippen molar-refractivity contribution >= 4 is 75.5 Å². The van der Waals surface area contributed by atoms with E-state index < -0.39 is 37.8 Å². The third kappa shape index (κ3) is 55.4. The number of carbonyl (C=O) groups is 8. The van der Waals surface area contributed by atoms with E-state index in [9.17, 15) is 46.8 Å².